The van der Waals surface area contributed by atoms with E-state index in [9.17, 15) is 0 Å². The molecule has 0 aromatic heterocycles. The maximum Gasteiger partial charge on any atom is 0.0476 e. The maximum absolute atomic E-state index is 4.46. The zero-order chi connectivity index (χ0) is 36.1. The molecule has 0 aromatic rings. The molecule has 0 saturated heterocycles. The van der Waals surface area contributed by atoms with Gasteiger partial charge in [0.25, 0.3) is 0 Å². The normalized spacial score (nSPS) is 19.0. The summed E-state index contributed by atoms with van der Waals surface area (Å²) in [5.41, 5.74) is 13.3. The first kappa shape index (κ1) is 40.0. The third kappa shape index (κ3) is 13.1. The average molecular weight is 685 g/mol. The summed E-state index contributed by atoms with van der Waals surface area (Å²) in [6.45, 7) is 15.5. The molecule has 0 unspecified atom stereocenters. The largest absolute Gasteiger partial charge is 0.384 e. The van der Waals surface area contributed by atoms with Gasteiger partial charge in [-0.2, -0.15) is 0 Å². The second-order valence-electron chi connectivity index (χ2n) is 14.7. The molecule has 0 saturated carbocycles. The molecule has 2 nitrogen and oxygen atoms in total. The first-order valence-corrected chi connectivity index (χ1v) is 20.5. The Morgan fingerprint density at radius 3 is 1.96 bits per heavy atom. The molecule has 0 aliphatic heterocycles. The van der Waals surface area contributed by atoms with Gasteiger partial charge >= 0.3 is 0 Å². The van der Waals surface area contributed by atoms with Crippen LogP contribution in [0, 0.1) is 0 Å². The van der Waals surface area contributed by atoms with Gasteiger partial charge in [0.2, 0.25) is 0 Å². The van der Waals surface area contributed by atoms with Crippen molar-refractivity contribution in [2.45, 2.75) is 129 Å². The highest BCUT2D eigenvalue weighted by molar-refractivity contribution is 5.60. The topological polar surface area (TPSA) is 15.3 Å². The Hall–Kier alpha value is -3.78. The molecule has 51 heavy (non-hydrogen) atoms. The van der Waals surface area contributed by atoms with E-state index in [1.807, 2.05) is 0 Å². The fourth-order valence-electron chi connectivity index (χ4n) is 7.52. The lowest BCUT2D eigenvalue weighted by atomic mass is 9.87. The molecule has 4 aliphatic carbocycles. The summed E-state index contributed by atoms with van der Waals surface area (Å²) in [6, 6.07) is 0. The fraction of sp³-hybridized carbons (Fsp3) is 0.469. The van der Waals surface area contributed by atoms with Gasteiger partial charge in [-0.15, -0.1) is 0 Å². The molecular formula is C49H68N2. The number of nitrogens with zero attached hydrogens (tertiary/aromatic N) is 1. The van der Waals surface area contributed by atoms with Crippen molar-refractivity contribution in [3.05, 3.63) is 154 Å². The smallest absolute Gasteiger partial charge is 0.0476 e. The van der Waals surface area contributed by atoms with Crippen LogP contribution in [0.1, 0.15) is 129 Å². The standard InChI is InChI=1S/C49H68N2/c1-6-10-12-20-38-50-48(44-34-30-42(31-35-44)28-26-40-22-16-14-17-23-40)46(8-3)47(9-4)49(51(5)39-21-13-11-7-2)45-36-32-43(33-37-45)29-27-41-24-18-15-19-25-41/h8-9,18,22,24-30,32,34,36,50H,3-4,6-7,10-17,19-21,23,31,33,35,37-39H2,1-2,5H3/b28-26+,29-27+,48-46-,49-47-. The second kappa shape index (κ2) is 22.9. The summed E-state index contributed by atoms with van der Waals surface area (Å²) in [7, 11) is 2.29. The summed E-state index contributed by atoms with van der Waals surface area (Å²) in [5, 5.41) is 3.96. The molecule has 4 rings (SSSR count). The van der Waals surface area contributed by atoms with Crippen LogP contribution < -0.4 is 5.32 Å². The van der Waals surface area contributed by atoms with E-state index in [4.69, 9.17) is 0 Å². The molecule has 0 amide bonds. The molecule has 274 valence electrons. The lowest BCUT2D eigenvalue weighted by Crippen LogP contribution is -2.25. The molecule has 0 fully saturated rings. The van der Waals surface area contributed by atoms with E-state index >= 15 is 0 Å². The predicted octanol–water partition coefficient (Wildman–Crippen LogP) is 13.7. The number of likely N-dealkylation sites (N-methyl/N-ethyl adjacent to an activating group) is 1. The maximum atomic E-state index is 4.46. The van der Waals surface area contributed by atoms with E-state index in [1.54, 1.807) is 0 Å². The number of allylic oxidation sites excluding steroid dienone is 22. The Morgan fingerprint density at radius 1 is 0.667 bits per heavy atom. The van der Waals surface area contributed by atoms with Crippen LogP contribution in [0.5, 0.6) is 0 Å². The van der Waals surface area contributed by atoms with Gasteiger partial charge in [-0.05, 0) is 105 Å². The third-order valence-corrected chi connectivity index (χ3v) is 10.6. The van der Waals surface area contributed by atoms with Crippen LogP contribution in [0.15, 0.2) is 154 Å². The lowest BCUT2D eigenvalue weighted by Gasteiger charge is -2.30. The van der Waals surface area contributed by atoms with Crippen molar-refractivity contribution < 1.29 is 0 Å². The van der Waals surface area contributed by atoms with Crippen LogP contribution in [0.3, 0.4) is 0 Å². The van der Waals surface area contributed by atoms with E-state index in [0.29, 0.717) is 0 Å². The first-order chi connectivity index (χ1) is 25.1. The van der Waals surface area contributed by atoms with Crippen LogP contribution >= 0.6 is 0 Å². The van der Waals surface area contributed by atoms with Gasteiger partial charge in [0.15, 0.2) is 0 Å². The second-order valence-corrected chi connectivity index (χ2v) is 14.7. The minimum atomic E-state index is 0.966. The van der Waals surface area contributed by atoms with Crippen molar-refractivity contribution >= 4 is 0 Å². The molecule has 0 heterocycles. The zero-order valence-electron chi connectivity index (χ0n) is 32.6. The minimum Gasteiger partial charge on any atom is -0.384 e. The van der Waals surface area contributed by atoms with Gasteiger partial charge in [-0.25, -0.2) is 0 Å². The van der Waals surface area contributed by atoms with Crippen LogP contribution in [-0.2, 0) is 0 Å². The van der Waals surface area contributed by atoms with Gasteiger partial charge < -0.3 is 10.2 Å². The number of unbranched alkanes of at least 4 members (excludes halogenated alkanes) is 6. The van der Waals surface area contributed by atoms with E-state index < -0.39 is 0 Å². The molecule has 0 spiro atoms. The SMILES string of the molecule is C=CC(=C(/NCCCCCC)C1=CC=C(/C=C/C2=CCCCC2)CC1)/C(C=C)=C(/C1=CC=C(/C=C/C2=CCCC=C2)CC1)N(C)CCCCCC. The molecule has 0 radical (unpaired) electrons. The van der Waals surface area contributed by atoms with Crippen LogP contribution in [0.25, 0.3) is 0 Å². The molecule has 4 aliphatic rings. The molecule has 0 atom stereocenters. The number of rotatable bonds is 21. The average Bonchev–Trinajstić information content (AvgIpc) is 3.18. The van der Waals surface area contributed by atoms with Gasteiger partial charge in [0, 0.05) is 42.7 Å². The summed E-state index contributed by atoms with van der Waals surface area (Å²) in [5.74, 6) is 0. The van der Waals surface area contributed by atoms with E-state index in [1.165, 1.54) is 133 Å². The van der Waals surface area contributed by atoms with E-state index in [-0.39, 0.29) is 0 Å². The van der Waals surface area contributed by atoms with Crippen LogP contribution in [0.4, 0.5) is 0 Å². The van der Waals surface area contributed by atoms with E-state index in [0.717, 1.165) is 51.6 Å². The van der Waals surface area contributed by atoms with Crippen molar-refractivity contribution in [3.63, 3.8) is 0 Å². The molecule has 1 N–H and O–H groups in total. The van der Waals surface area contributed by atoms with Gasteiger partial charge in [-0.3, -0.25) is 0 Å². The van der Waals surface area contributed by atoms with Crippen molar-refractivity contribution in [2.75, 3.05) is 20.1 Å². The van der Waals surface area contributed by atoms with Crippen molar-refractivity contribution in [1.29, 1.82) is 0 Å². The van der Waals surface area contributed by atoms with Gasteiger partial charge in [0.05, 0.1) is 0 Å². The number of hydrogen-bond acceptors (Lipinski definition) is 2. The fourth-order valence-corrected chi connectivity index (χ4v) is 7.52. The van der Waals surface area contributed by atoms with Gasteiger partial charge in [0.1, 0.15) is 0 Å². The highest BCUT2D eigenvalue weighted by atomic mass is 15.1. The lowest BCUT2D eigenvalue weighted by molar-refractivity contribution is 0.400. The Labute approximate surface area is 313 Å². The quantitative estimate of drug-likeness (QED) is 0.0956. The van der Waals surface area contributed by atoms with Crippen LogP contribution in [0.2, 0.25) is 0 Å². The number of nitrogens with one attached hydrogen (secondary N) is 1. The summed E-state index contributed by atoms with van der Waals surface area (Å²) in [6.07, 6.45) is 53.7. The Bertz CT molecular complexity index is 1520. The van der Waals surface area contributed by atoms with E-state index in [2.05, 4.69) is 129 Å². The highest BCUT2D eigenvalue weighted by Gasteiger charge is 2.22. The molecular weight excluding hydrogens is 617 g/mol. The zero-order valence-corrected chi connectivity index (χ0v) is 32.6. The monoisotopic (exact) mass is 685 g/mol. The van der Waals surface area contributed by atoms with Crippen LogP contribution in [-0.4, -0.2) is 25.0 Å². The van der Waals surface area contributed by atoms with Crippen molar-refractivity contribution in [3.8, 4) is 0 Å². The Morgan fingerprint density at radius 2 is 1.35 bits per heavy atom. The third-order valence-electron chi connectivity index (χ3n) is 10.6. The summed E-state index contributed by atoms with van der Waals surface area (Å²) in [4.78, 5) is 2.51. The van der Waals surface area contributed by atoms with Crippen molar-refractivity contribution in [2.24, 2.45) is 0 Å². The molecule has 2 heteroatoms. The first-order valence-electron chi connectivity index (χ1n) is 20.5. The predicted molar refractivity (Wildman–Crippen MR) is 225 cm³/mol. The highest BCUT2D eigenvalue weighted by Crippen LogP contribution is 2.36. The number of hydrogen-bond donors (Lipinski definition) is 1. The van der Waals surface area contributed by atoms with Gasteiger partial charge in [-0.1, -0.05) is 156 Å². The molecule has 0 aromatic carbocycles. The summed E-state index contributed by atoms with van der Waals surface area (Å²) < 4.78 is 0. The minimum absolute atomic E-state index is 0.966. The Balaban J connectivity index is 1.74. The Kier molecular flexibility index (Phi) is 18.0. The summed E-state index contributed by atoms with van der Waals surface area (Å²) >= 11 is 0. The van der Waals surface area contributed by atoms with Crippen molar-refractivity contribution in [1.82, 2.24) is 10.2 Å². The molecule has 0 bridgehead atoms.